The summed E-state index contributed by atoms with van der Waals surface area (Å²) in [6.07, 6.45) is 0.0149. The lowest BCUT2D eigenvalue weighted by molar-refractivity contribution is -0.361. The molecule has 0 saturated heterocycles. The van der Waals surface area contributed by atoms with Gasteiger partial charge in [0.2, 0.25) is 11.4 Å². The van der Waals surface area contributed by atoms with Crippen LogP contribution in [-0.4, -0.2) is 48.1 Å². The molecule has 2 atom stereocenters. The van der Waals surface area contributed by atoms with Crippen molar-refractivity contribution in [2.24, 2.45) is 0 Å². The fourth-order valence-electron chi connectivity index (χ4n) is 2.86. The maximum Gasteiger partial charge on any atom is 0.338 e. The molecule has 0 unspecified atom stereocenters. The van der Waals surface area contributed by atoms with E-state index < -0.39 is 36.5 Å². The van der Waals surface area contributed by atoms with Crippen molar-refractivity contribution in [2.45, 2.75) is 37.9 Å². The first kappa shape index (κ1) is 23.4. The molecule has 0 fully saturated rings. The smallest absolute Gasteiger partial charge is 0.338 e. The minimum Gasteiger partial charge on any atom is -0.453 e. The van der Waals surface area contributed by atoms with Gasteiger partial charge in [-0.25, -0.2) is 14.6 Å². The molecule has 0 saturated carbocycles. The molecule has 0 aliphatic heterocycles. The lowest BCUT2D eigenvalue weighted by atomic mass is 9.85. The molecular weight excluding hydrogens is 388 g/mol. The topological polar surface area (TPSA) is 99.1 Å². The number of aliphatic hydroxyl groups excluding tert-OH is 1. The van der Waals surface area contributed by atoms with Gasteiger partial charge in [-0.3, -0.25) is 4.79 Å². The van der Waals surface area contributed by atoms with Gasteiger partial charge in [0.25, 0.3) is 0 Å². The van der Waals surface area contributed by atoms with Crippen LogP contribution in [0, 0.1) is 0 Å². The van der Waals surface area contributed by atoms with Crippen LogP contribution >= 0.6 is 0 Å². The van der Waals surface area contributed by atoms with Crippen molar-refractivity contribution in [3.8, 4) is 0 Å². The maximum absolute atomic E-state index is 13.4. The summed E-state index contributed by atoms with van der Waals surface area (Å²) in [6, 6.07) is 16.3. The van der Waals surface area contributed by atoms with Crippen LogP contribution in [0.4, 0.5) is 0 Å². The SMILES string of the molecule is CCCCOO[C@@](CC=O)(C(=O)c1ccccc1)[C@H](CO)OC(=O)c1ccccc1. The van der Waals surface area contributed by atoms with E-state index in [1.165, 1.54) is 12.1 Å². The van der Waals surface area contributed by atoms with E-state index in [2.05, 4.69) is 0 Å². The number of aliphatic hydroxyl groups is 1. The monoisotopic (exact) mass is 414 g/mol. The molecule has 30 heavy (non-hydrogen) atoms. The second-order valence-electron chi connectivity index (χ2n) is 6.66. The Bertz CT molecular complexity index is 807. The van der Waals surface area contributed by atoms with Crippen molar-refractivity contribution < 1.29 is 34.0 Å². The van der Waals surface area contributed by atoms with Crippen LogP contribution in [0.5, 0.6) is 0 Å². The van der Waals surface area contributed by atoms with Crippen molar-refractivity contribution in [2.75, 3.05) is 13.2 Å². The van der Waals surface area contributed by atoms with Gasteiger partial charge in [-0.05, 0) is 18.6 Å². The lowest BCUT2D eigenvalue weighted by Crippen LogP contribution is -2.55. The first-order valence-electron chi connectivity index (χ1n) is 9.80. The Morgan fingerprint density at radius 1 is 1.03 bits per heavy atom. The van der Waals surface area contributed by atoms with E-state index in [0.29, 0.717) is 12.7 Å². The Kier molecular flexibility index (Phi) is 9.34. The lowest BCUT2D eigenvalue weighted by Gasteiger charge is -2.35. The van der Waals surface area contributed by atoms with Gasteiger partial charge in [0.05, 0.1) is 18.8 Å². The van der Waals surface area contributed by atoms with Gasteiger partial charge in [-0.1, -0.05) is 61.9 Å². The number of hydrogen-bond acceptors (Lipinski definition) is 7. The van der Waals surface area contributed by atoms with Crippen LogP contribution in [0.3, 0.4) is 0 Å². The Hall–Kier alpha value is -2.87. The second kappa shape index (κ2) is 12.0. The first-order valence-corrected chi connectivity index (χ1v) is 9.80. The van der Waals surface area contributed by atoms with E-state index in [4.69, 9.17) is 14.5 Å². The van der Waals surface area contributed by atoms with Crippen LogP contribution in [0.2, 0.25) is 0 Å². The third kappa shape index (κ3) is 5.82. The standard InChI is InChI=1S/C23H26O7/c1-2-3-16-28-30-23(14-15-24,21(26)18-10-6-4-7-11-18)20(17-25)29-22(27)19-12-8-5-9-13-19/h4-13,15,20,25H,2-3,14,16-17H2,1H3/t20-,23+/m0/s1. The molecule has 0 aliphatic rings. The summed E-state index contributed by atoms with van der Waals surface area (Å²) in [5.74, 6) is -1.39. The average molecular weight is 414 g/mol. The molecule has 0 spiro atoms. The zero-order chi connectivity index (χ0) is 21.8. The fraction of sp³-hybridized carbons (Fsp3) is 0.348. The predicted octanol–water partition coefficient (Wildman–Crippen LogP) is 3.16. The molecule has 1 N–H and O–H groups in total. The van der Waals surface area contributed by atoms with Crippen LogP contribution < -0.4 is 0 Å². The summed E-state index contributed by atoms with van der Waals surface area (Å²) < 4.78 is 5.43. The number of unbranched alkanes of at least 4 members (excludes halogenated alkanes) is 1. The van der Waals surface area contributed by atoms with Crippen LogP contribution in [0.15, 0.2) is 60.7 Å². The van der Waals surface area contributed by atoms with Gasteiger partial charge < -0.3 is 14.6 Å². The van der Waals surface area contributed by atoms with Crippen LogP contribution in [0.1, 0.15) is 46.9 Å². The number of rotatable bonds is 13. The first-order chi connectivity index (χ1) is 14.6. The highest BCUT2D eigenvalue weighted by Crippen LogP contribution is 2.29. The number of ether oxygens (including phenoxy) is 1. The summed E-state index contributed by atoms with van der Waals surface area (Å²) in [5, 5.41) is 10.0. The number of esters is 1. The number of carbonyl (C=O) groups excluding carboxylic acids is 3. The zero-order valence-electron chi connectivity index (χ0n) is 16.9. The number of benzene rings is 2. The molecule has 160 valence electrons. The molecule has 2 aromatic rings. The average Bonchev–Trinajstić information content (AvgIpc) is 2.80. The van der Waals surface area contributed by atoms with E-state index in [1.807, 2.05) is 6.92 Å². The largest absolute Gasteiger partial charge is 0.453 e. The summed E-state index contributed by atoms with van der Waals surface area (Å²) in [4.78, 5) is 48.1. The van der Waals surface area contributed by atoms with Crippen LogP contribution in [-0.2, 0) is 19.3 Å². The molecule has 0 amide bonds. The van der Waals surface area contributed by atoms with Crippen LogP contribution in [0.25, 0.3) is 0 Å². The van der Waals surface area contributed by atoms with E-state index in [9.17, 15) is 19.5 Å². The molecule has 0 bridgehead atoms. The zero-order valence-corrected chi connectivity index (χ0v) is 16.9. The molecule has 7 nitrogen and oxygen atoms in total. The predicted molar refractivity (Wildman–Crippen MR) is 109 cm³/mol. The normalized spacial score (nSPS) is 13.8. The summed E-state index contributed by atoms with van der Waals surface area (Å²) in [6.45, 7) is 1.38. The number of Topliss-reactive ketones (excluding diaryl/α,β-unsaturated/α-hetero) is 1. The van der Waals surface area contributed by atoms with Gasteiger partial charge in [-0.15, -0.1) is 0 Å². The minimum atomic E-state index is -2.03. The van der Waals surface area contributed by atoms with Crippen molar-refractivity contribution >= 4 is 18.0 Å². The van der Waals surface area contributed by atoms with Gasteiger partial charge in [0.15, 0.2) is 6.10 Å². The van der Waals surface area contributed by atoms with Crippen molar-refractivity contribution in [3.63, 3.8) is 0 Å². The highest BCUT2D eigenvalue weighted by Gasteiger charge is 2.51. The minimum absolute atomic E-state index is 0.171. The van der Waals surface area contributed by atoms with Gasteiger partial charge in [0, 0.05) is 12.0 Å². The third-order valence-electron chi connectivity index (χ3n) is 4.54. The van der Waals surface area contributed by atoms with Gasteiger partial charge in [-0.2, -0.15) is 0 Å². The van der Waals surface area contributed by atoms with Crippen molar-refractivity contribution in [3.05, 3.63) is 71.8 Å². The second-order valence-corrected chi connectivity index (χ2v) is 6.66. The molecule has 2 aromatic carbocycles. The molecule has 0 heterocycles. The Balaban J connectivity index is 2.40. The van der Waals surface area contributed by atoms with E-state index in [0.717, 1.165) is 6.42 Å². The van der Waals surface area contributed by atoms with E-state index >= 15 is 0 Å². The Labute approximate surface area is 175 Å². The maximum atomic E-state index is 13.4. The Morgan fingerprint density at radius 3 is 2.17 bits per heavy atom. The molecule has 7 heteroatoms. The van der Waals surface area contributed by atoms with Crippen molar-refractivity contribution in [1.82, 2.24) is 0 Å². The summed E-state index contributed by atoms with van der Waals surface area (Å²) in [7, 11) is 0. The highest BCUT2D eigenvalue weighted by atomic mass is 17.2. The molecule has 0 radical (unpaired) electrons. The molecule has 2 rings (SSSR count). The molecular formula is C23H26O7. The van der Waals surface area contributed by atoms with E-state index in [-0.39, 0.29) is 17.7 Å². The fourth-order valence-corrected chi connectivity index (χ4v) is 2.86. The molecule has 0 aliphatic carbocycles. The van der Waals surface area contributed by atoms with Gasteiger partial charge in [0.1, 0.15) is 6.29 Å². The van der Waals surface area contributed by atoms with Crippen molar-refractivity contribution in [1.29, 1.82) is 0 Å². The molecule has 0 aromatic heterocycles. The summed E-state index contributed by atoms with van der Waals surface area (Å²) in [5.41, 5.74) is -1.57. The quantitative estimate of drug-likeness (QED) is 0.134. The van der Waals surface area contributed by atoms with Gasteiger partial charge >= 0.3 is 5.97 Å². The van der Waals surface area contributed by atoms with E-state index in [1.54, 1.807) is 48.5 Å². The number of aldehydes is 1. The Morgan fingerprint density at radius 2 is 1.63 bits per heavy atom. The number of hydrogen-bond donors (Lipinski definition) is 1. The third-order valence-corrected chi connectivity index (χ3v) is 4.54. The number of ketones is 1. The summed E-state index contributed by atoms with van der Waals surface area (Å²) >= 11 is 0. The highest BCUT2D eigenvalue weighted by molar-refractivity contribution is 6.04. The number of carbonyl (C=O) groups is 3.